The summed E-state index contributed by atoms with van der Waals surface area (Å²) in [4.78, 5) is 0. The van der Waals surface area contributed by atoms with Crippen molar-refractivity contribution in [3.8, 4) is 11.5 Å². The Balaban J connectivity index is 1.74. The standard InChI is InChI=1S/C22H22ClNO2/c1-2-25-21-13-18(15-24-19-11-7-4-8-12-19)20(23)14-22(21)26-16-17-9-5-3-6-10-17/h3-14,24H,2,15-16H2,1H3. The molecule has 0 unspecified atom stereocenters. The fraction of sp³-hybridized carbons (Fsp3) is 0.182. The first-order chi connectivity index (χ1) is 12.8. The van der Waals surface area contributed by atoms with Gasteiger partial charge in [-0.05, 0) is 36.2 Å². The number of anilines is 1. The van der Waals surface area contributed by atoms with Crippen LogP contribution >= 0.6 is 11.6 Å². The summed E-state index contributed by atoms with van der Waals surface area (Å²) < 4.78 is 11.7. The molecule has 26 heavy (non-hydrogen) atoms. The smallest absolute Gasteiger partial charge is 0.163 e. The Morgan fingerprint density at radius 3 is 2.19 bits per heavy atom. The van der Waals surface area contributed by atoms with Crippen LogP contribution < -0.4 is 14.8 Å². The van der Waals surface area contributed by atoms with Crippen LogP contribution in [0.15, 0.2) is 72.8 Å². The summed E-state index contributed by atoms with van der Waals surface area (Å²) in [5.74, 6) is 1.36. The highest BCUT2D eigenvalue weighted by Gasteiger charge is 2.11. The van der Waals surface area contributed by atoms with Crippen molar-refractivity contribution in [2.75, 3.05) is 11.9 Å². The second-order valence-corrected chi connectivity index (χ2v) is 6.22. The van der Waals surface area contributed by atoms with Crippen molar-refractivity contribution in [3.05, 3.63) is 88.9 Å². The zero-order valence-corrected chi connectivity index (χ0v) is 15.5. The summed E-state index contributed by atoms with van der Waals surface area (Å²) >= 11 is 6.47. The van der Waals surface area contributed by atoms with Crippen molar-refractivity contribution < 1.29 is 9.47 Å². The molecule has 0 atom stereocenters. The molecule has 0 saturated carbocycles. The first-order valence-corrected chi connectivity index (χ1v) is 9.05. The summed E-state index contributed by atoms with van der Waals surface area (Å²) in [6.45, 7) is 3.60. The number of rotatable bonds is 8. The number of benzene rings is 3. The molecule has 0 heterocycles. The normalized spacial score (nSPS) is 10.4. The van der Waals surface area contributed by atoms with Crippen LogP contribution in [0.4, 0.5) is 5.69 Å². The molecule has 134 valence electrons. The van der Waals surface area contributed by atoms with Crippen molar-refractivity contribution in [1.82, 2.24) is 0 Å². The minimum Gasteiger partial charge on any atom is -0.490 e. The lowest BCUT2D eigenvalue weighted by atomic mass is 10.2. The fourth-order valence-corrected chi connectivity index (χ4v) is 2.80. The van der Waals surface area contributed by atoms with Gasteiger partial charge in [0, 0.05) is 23.3 Å². The zero-order valence-electron chi connectivity index (χ0n) is 14.7. The van der Waals surface area contributed by atoms with Crippen LogP contribution in [0.2, 0.25) is 5.02 Å². The van der Waals surface area contributed by atoms with Gasteiger partial charge in [0.25, 0.3) is 0 Å². The van der Waals surface area contributed by atoms with Gasteiger partial charge in [0.15, 0.2) is 11.5 Å². The van der Waals surface area contributed by atoms with Crippen molar-refractivity contribution >= 4 is 17.3 Å². The molecule has 0 aliphatic rings. The van der Waals surface area contributed by atoms with E-state index in [9.17, 15) is 0 Å². The van der Waals surface area contributed by atoms with E-state index in [1.165, 1.54) is 0 Å². The third-order valence-electron chi connectivity index (χ3n) is 3.91. The van der Waals surface area contributed by atoms with E-state index in [0.717, 1.165) is 16.8 Å². The van der Waals surface area contributed by atoms with Crippen LogP contribution in [-0.4, -0.2) is 6.61 Å². The number of halogens is 1. The molecule has 4 heteroatoms. The van der Waals surface area contributed by atoms with Gasteiger partial charge in [0.05, 0.1) is 6.61 Å². The van der Waals surface area contributed by atoms with E-state index < -0.39 is 0 Å². The maximum Gasteiger partial charge on any atom is 0.163 e. The number of ether oxygens (including phenoxy) is 2. The summed E-state index contributed by atoms with van der Waals surface area (Å²) in [5, 5.41) is 4.02. The average Bonchev–Trinajstić information content (AvgIpc) is 2.68. The van der Waals surface area contributed by atoms with Crippen molar-refractivity contribution in [2.45, 2.75) is 20.1 Å². The second-order valence-electron chi connectivity index (χ2n) is 5.82. The lowest BCUT2D eigenvalue weighted by molar-refractivity contribution is 0.269. The first kappa shape index (κ1) is 18.2. The molecule has 0 aromatic heterocycles. The quantitative estimate of drug-likeness (QED) is 0.535. The third-order valence-corrected chi connectivity index (χ3v) is 4.26. The molecule has 3 nitrogen and oxygen atoms in total. The van der Waals surface area contributed by atoms with Gasteiger partial charge in [0.1, 0.15) is 6.61 Å². The predicted octanol–water partition coefficient (Wildman–Crippen LogP) is 5.93. The summed E-state index contributed by atoms with van der Waals surface area (Å²) in [6, 6.07) is 23.8. The first-order valence-electron chi connectivity index (χ1n) is 8.67. The van der Waals surface area contributed by atoms with Crippen molar-refractivity contribution in [1.29, 1.82) is 0 Å². The molecule has 0 aliphatic carbocycles. The van der Waals surface area contributed by atoms with Gasteiger partial charge in [-0.1, -0.05) is 60.1 Å². The molecular formula is C22H22ClNO2. The largest absolute Gasteiger partial charge is 0.490 e. The molecule has 0 amide bonds. The molecule has 3 aromatic carbocycles. The van der Waals surface area contributed by atoms with Crippen LogP contribution in [0.5, 0.6) is 11.5 Å². The number of hydrogen-bond acceptors (Lipinski definition) is 3. The van der Waals surface area contributed by atoms with Crippen molar-refractivity contribution in [2.24, 2.45) is 0 Å². The van der Waals surface area contributed by atoms with Crippen LogP contribution in [0.3, 0.4) is 0 Å². The topological polar surface area (TPSA) is 30.5 Å². The molecule has 0 fully saturated rings. The van der Waals surface area contributed by atoms with Gasteiger partial charge in [0.2, 0.25) is 0 Å². The van der Waals surface area contributed by atoms with E-state index in [4.69, 9.17) is 21.1 Å². The second kappa shape index (κ2) is 9.16. The van der Waals surface area contributed by atoms with E-state index in [-0.39, 0.29) is 0 Å². The Morgan fingerprint density at radius 1 is 0.846 bits per heavy atom. The van der Waals surface area contributed by atoms with Crippen LogP contribution in [0.1, 0.15) is 18.1 Å². The van der Waals surface area contributed by atoms with Crippen molar-refractivity contribution in [3.63, 3.8) is 0 Å². The minimum atomic E-state index is 0.471. The molecule has 0 bridgehead atoms. The summed E-state index contributed by atoms with van der Waals surface area (Å²) in [6.07, 6.45) is 0. The third kappa shape index (κ3) is 4.93. The minimum absolute atomic E-state index is 0.471. The Bertz CT molecular complexity index is 822. The van der Waals surface area contributed by atoms with Gasteiger partial charge in [-0.15, -0.1) is 0 Å². The molecule has 3 rings (SSSR count). The number of hydrogen-bond donors (Lipinski definition) is 1. The zero-order chi connectivity index (χ0) is 18.2. The number of para-hydroxylation sites is 1. The van der Waals surface area contributed by atoms with E-state index in [2.05, 4.69) is 5.32 Å². The lowest BCUT2D eigenvalue weighted by Gasteiger charge is -2.15. The van der Waals surface area contributed by atoms with Gasteiger partial charge < -0.3 is 14.8 Å². The fourth-order valence-electron chi connectivity index (χ4n) is 2.58. The van der Waals surface area contributed by atoms with Gasteiger partial charge in [-0.3, -0.25) is 0 Å². The Morgan fingerprint density at radius 2 is 1.50 bits per heavy atom. The molecule has 1 N–H and O–H groups in total. The lowest BCUT2D eigenvalue weighted by Crippen LogP contribution is -2.04. The number of nitrogens with one attached hydrogen (secondary N) is 1. The highest BCUT2D eigenvalue weighted by molar-refractivity contribution is 6.31. The maximum absolute atomic E-state index is 6.47. The summed E-state index contributed by atoms with van der Waals surface area (Å²) in [5.41, 5.74) is 3.11. The van der Waals surface area contributed by atoms with Crippen LogP contribution in [0.25, 0.3) is 0 Å². The Kier molecular flexibility index (Phi) is 6.39. The van der Waals surface area contributed by atoms with E-state index in [0.29, 0.717) is 36.3 Å². The molecular weight excluding hydrogens is 346 g/mol. The molecule has 0 spiro atoms. The van der Waals surface area contributed by atoms with Gasteiger partial charge in [-0.2, -0.15) is 0 Å². The molecule has 0 radical (unpaired) electrons. The van der Waals surface area contributed by atoms with E-state index in [1.807, 2.05) is 79.7 Å². The van der Waals surface area contributed by atoms with Crippen LogP contribution in [0, 0.1) is 0 Å². The molecule has 0 aliphatic heterocycles. The predicted molar refractivity (Wildman–Crippen MR) is 107 cm³/mol. The maximum atomic E-state index is 6.47. The van der Waals surface area contributed by atoms with Gasteiger partial charge in [-0.25, -0.2) is 0 Å². The Hall–Kier alpha value is -2.65. The molecule has 0 saturated heterocycles. The van der Waals surface area contributed by atoms with Crippen LogP contribution in [-0.2, 0) is 13.2 Å². The van der Waals surface area contributed by atoms with E-state index >= 15 is 0 Å². The van der Waals surface area contributed by atoms with Gasteiger partial charge >= 0.3 is 0 Å². The van der Waals surface area contributed by atoms with E-state index in [1.54, 1.807) is 0 Å². The highest BCUT2D eigenvalue weighted by atomic mass is 35.5. The molecule has 3 aromatic rings. The highest BCUT2D eigenvalue weighted by Crippen LogP contribution is 2.34. The average molecular weight is 368 g/mol. The monoisotopic (exact) mass is 367 g/mol. The SMILES string of the molecule is CCOc1cc(CNc2ccccc2)c(Cl)cc1OCc1ccccc1. The summed E-state index contributed by atoms with van der Waals surface area (Å²) in [7, 11) is 0. The Labute approximate surface area is 159 Å².